The van der Waals surface area contributed by atoms with Gasteiger partial charge in [0, 0.05) is 31.2 Å². The fourth-order valence-corrected chi connectivity index (χ4v) is 3.39. The summed E-state index contributed by atoms with van der Waals surface area (Å²) in [4.78, 5) is 24.6. The number of fused-ring (bicyclic) bond motifs is 1. The van der Waals surface area contributed by atoms with Crippen molar-refractivity contribution in [2.75, 3.05) is 5.32 Å². The number of amides is 1. The number of primary amides is 1. The highest BCUT2D eigenvalue weighted by Crippen LogP contribution is 2.32. The van der Waals surface area contributed by atoms with Gasteiger partial charge in [-0.3, -0.25) is 9.67 Å². The zero-order chi connectivity index (χ0) is 19.5. The van der Waals surface area contributed by atoms with E-state index >= 15 is 0 Å². The van der Waals surface area contributed by atoms with Crippen LogP contribution in [-0.2, 0) is 18.2 Å². The van der Waals surface area contributed by atoms with Gasteiger partial charge in [0.25, 0.3) is 0 Å². The molecule has 1 aliphatic carbocycles. The number of anilines is 2. The Hall–Kier alpha value is -3.49. The predicted octanol–water partition coefficient (Wildman–Crippen LogP) is 2.88. The summed E-state index contributed by atoms with van der Waals surface area (Å²) in [7, 11) is 1.84. The topological polar surface area (TPSA) is 121 Å². The molecule has 0 radical (unpaired) electrons. The number of aromatic nitrogens is 5. The smallest absolute Gasteiger partial charge is 0.405 e. The first kappa shape index (κ1) is 17.9. The van der Waals surface area contributed by atoms with Crippen molar-refractivity contribution in [1.82, 2.24) is 24.7 Å². The maximum atomic E-state index is 11.2. The molecule has 28 heavy (non-hydrogen) atoms. The predicted molar refractivity (Wildman–Crippen MR) is 103 cm³/mol. The van der Waals surface area contributed by atoms with Crippen molar-refractivity contribution in [3.63, 3.8) is 0 Å². The van der Waals surface area contributed by atoms with E-state index in [1.807, 2.05) is 25.4 Å². The number of nitrogens with two attached hydrogens (primary N) is 1. The molecule has 0 saturated carbocycles. The highest BCUT2D eigenvalue weighted by Gasteiger charge is 2.22. The Balaban J connectivity index is 1.62. The molecule has 0 spiro atoms. The molecule has 0 saturated heterocycles. The first-order chi connectivity index (χ1) is 13.6. The van der Waals surface area contributed by atoms with Gasteiger partial charge in [0.05, 0.1) is 23.3 Å². The van der Waals surface area contributed by atoms with E-state index in [2.05, 4.69) is 25.4 Å². The number of hydrogen-bond acceptors (Lipinski definition) is 7. The molecule has 1 atom stereocenters. The molecule has 0 bridgehead atoms. The maximum Gasteiger partial charge on any atom is 0.405 e. The lowest BCUT2D eigenvalue weighted by atomic mass is 10.0. The van der Waals surface area contributed by atoms with Crippen LogP contribution in [0.2, 0.25) is 0 Å². The third-order valence-corrected chi connectivity index (χ3v) is 4.67. The Labute approximate surface area is 162 Å². The van der Waals surface area contributed by atoms with Crippen molar-refractivity contribution >= 4 is 17.7 Å². The van der Waals surface area contributed by atoms with Gasteiger partial charge in [-0.25, -0.2) is 14.8 Å². The van der Waals surface area contributed by atoms with Crippen LogP contribution < -0.4 is 11.1 Å². The van der Waals surface area contributed by atoms with Gasteiger partial charge >= 0.3 is 6.09 Å². The molecule has 144 valence electrons. The lowest BCUT2D eigenvalue weighted by Gasteiger charge is -2.17. The third kappa shape index (κ3) is 3.93. The molecule has 3 aromatic rings. The molecule has 1 unspecified atom stereocenters. The molecule has 3 heterocycles. The summed E-state index contributed by atoms with van der Waals surface area (Å²) >= 11 is 0. The van der Waals surface area contributed by atoms with Gasteiger partial charge in [0.2, 0.25) is 5.95 Å². The third-order valence-electron chi connectivity index (χ3n) is 4.67. The number of carbonyl (C=O) groups excluding carboxylic acids is 1. The molecule has 3 aromatic heterocycles. The number of hydrogen-bond donors (Lipinski definition) is 2. The van der Waals surface area contributed by atoms with Crippen LogP contribution in [0, 0.1) is 0 Å². The number of ether oxygens (including phenoxy) is 1. The number of rotatable bonds is 4. The van der Waals surface area contributed by atoms with E-state index < -0.39 is 6.09 Å². The van der Waals surface area contributed by atoms with Crippen LogP contribution in [0.25, 0.3) is 11.4 Å². The SMILES string of the molecule is Cn1cc(Nc2nccc(-c3cc4c(cn3)C(OC(N)=O)CCCC4)n2)cn1. The van der Waals surface area contributed by atoms with Gasteiger partial charge in [0.1, 0.15) is 6.10 Å². The molecule has 0 fully saturated rings. The summed E-state index contributed by atoms with van der Waals surface area (Å²) in [6, 6.07) is 3.82. The van der Waals surface area contributed by atoms with Gasteiger partial charge in [-0.15, -0.1) is 0 Å². The zero-order valence-electron chi connectivity index (χ0n) is 15.5. The van der Waals surface area contributed by atoms with Crippen LogP contribution in [0.4, 0.5) is 16.4 Å². The molecular weight excluding hydrogens is 358 g/mol. The van der Waals surface area contributed by atoms with E-state index in [1.165, 1.54) is 0 Å². The van der Waals surface area contributed by atoms with Crippen LogP contribution in [-0.4, -0.2) is 30.8 Å². The van der Waals surface area contributed by atoms with Gasteiger partial charge in [-0.1, -0.05) is 0 Å². The normalized spacial score (nSPS) is 16.1. The van der Waals surface area contributed by atoms with Crippen molar-refractivity contribution in [1.29, 1.82) is 0 Å². The van der Waals surface area contributed by atoms with Crippen LogP contribution in [0.1, 0.15) is 36.5 Å². The van der Waals surface area contributed by atoms with Crippen LogP contribution in [0.3, 0.4) is 0 Å². The van der Waals surface area contributed by atoms with E-state index in [0.29, 0.717) is 11.6 Å². The lowest BCUT2D eigenvalue weighted by Crippen LogP contribution is -2.18. The first-order valence-corrected chi connectivity index (χ1v) is 9.12. The maximum absolute atomic E-state index is 11.2. The quantitative estimate of drug-likeness (QED) is 0.669. The molecule has 0 aliphatic heterocycles. The molecule has 3 N–H and O–H groups in total. The van der Waals surface area contributed by atoms with Crippen LogP contribution in [0.5, 0.6) is 0 Å². The number of nitrogens with one attached hydrogen (secondary N) is 1. The molecule has 4 rings (SSSR count). The second kappa shape index (κ2) is 7.63. The largest absolute Gasteiger partial charge is 0.441 e. The highest BCUT2D eigenvalue weighted by atomic mass is 16.6. The minimum absolute atomic E-state index is 0.343. The van der Waals surface area contributed by atoms with E-state index in [1.54, 1.807) is 23.3 Å². The Kier molecular flexibility index (Phi) is 4.88. The van der Waals surface area contributed by atoms with E-state index in [0.717, 1.165) is 48.2 Å². The molecule has 9 nitrogen and oxygen atoms in total. The summed E-state index contributed by atoms with van der Waals surface area (Å²) in [6.07, 6.45) is 9.53. The Bertz CT molecular complexity index is 1000. The molecule has 1 amide bonds. The standard InChI is InChI=1S/C19H21N7O2/c1-26-11-13(9-23-26)24-19-21-7-6-15(25-19)16-8-12-4-2-3-5-17(28-18(20)27)14(12)10-22-16/h6-11,17H,2-5H2,1H3,(H2,20,27)(H,21,24,25). The van der Waals surface area contributed by atoms with Gasteiger partial charge in [0.15, 0.2) is 0 Å². The fourth-order valence-electron chi connectivity index (χ4n) is 3.39. The highest BCUT2D eigenvalue weighted by molar-refractivity contribution is 5.65. The van der Waals surface area contributed by atoms with Crippen molar-refractivity contribution in [3.05, 3.63) is 48.0 Å². The summed E-state index contributed by atoms with van der Waals surface area (Å²) in [6.45, 7) is 0. The fraction of sp³-hybridized carbons (Fsp3) is 0.316. The van der Waals surface area contributed by atoms with Crippen molar-refractivity contribution < 1.29 is 9.53 Å². The van der Waals surface area contributed by atoms with Gasteiger partial charge in [-0.05, 0) is 43.4 Å². The number of nitrogens with zero attached hydrogens (tertiary/aromatic N) is 5. The molecular formula is C19H21N7O2. The first-order valence-electron chi connectivity index (χ1n) is 9.12. The Morgan fingerprint density at radius 2 is 2.18 bits per heavy atom. The van der Waals surface area contributed by atoms with Crippen LogP contribution in [0.15, 0.2) is 36.9 Å². The number of carbonyl (C=O) groups is 1. The average molecular weight is 379 g/mol. The molecule has 1 aliphatic rings. The van der Waals surface area contributed by atoms with Crippen molar-refractivity contribution in [3.8, 4) is 11.4 Å². The minimum atomic E-state index is -0.760. The monoisotopic (exact) mass is 379 g/mol. The van der Waals surface area contributed by atoms with E-state index in [-0.39, 0.29) is 6.10 Å². The number of aryl methyl sites for hydroxylation is 2. The number of pyridine rings is 1. The summed E-state index contributed by atoms with van der Waals surface area (Å²) in [5.41, 5.74) is 9.51. The summed E-state index contributed by atoms with van der Waals surface area (Å²) in [5.74, 6) is 0.470. The Morgan fingerprint density at radius 3 is 2.96 bits per heavy atom. The molecule has 9 heteroatoms. The second-order valence-corrected chi connectivity index (χ2v) is 6.73. The van der Waals surface area contributed by atoms with Crippen molar-refractivity contribution in [2.45, 2.75) is 31.8 Å². The summed E-state index contributed by atoms with van der Waals surface area (Å²) in [5, 5.41) is 7.25. The van der Waals surface area contributed by atoms with E-state index in [9.17, 15) is 4.79 Å². The second-order valence-electron chi connectivity index (χ2n) is 6.73. The van der Waals surface area contributed by atoms with Crippen molar-refractivity contribution in [2.24, 2.45) is 12.8 Å². The van der Waals surface area contributed by atoms with Gasteiger partial charge in [-0.2, -0.15) is 5.10 Å². The van der Waals surface area contributed by atoms with Gasteiger partial charge < -0.3 is 15.8 Å². The minimum Gasteiger partial charge on any atom is -0.441 e. The zero-order valence-corrected chi connectivity index (χ0v) is 15.5. The lowest BCUT2D eigenvalue weighted by molar-refractivity contribution is 0.101. The average Bonchev–Trinajstić information content (AvgIpc) is 2.98. The van der Waals surface area contributed by atoms with Crippen LogP contribution >= 0.6 is 0 Å². The summed E-state index contributed by atoms with van der Waals surface area (Å²) < 4.78 is 6.99. The Morgan fingerprint density at radius 1 is 1.29 bits per heavy atom. The van der Waals surface area contributed by atoms with E-state index in [4.69, 9.17) is 10.5 Å². The molecule has 0 aromatic carbocycles.